The van der Waals surface area contributed by atoms with Crippen molar-refractivity contribution < 1.29 is 27.5 Å². The highest BCUT2D eigenvalue weighted by atomic mass is 35.5. The van der Waals surface area contributed by atoms with Crippen molar-refractivity contribution in [3.63, 3.8) is 0 Å². The third-order valence-electron chi connectivity index (χ3n) is 2.68. The van der Waals surface area contributed by atoms with E-state index in [1.165, 1.54) is 6.07 Å². The first-order valence-electron chi connectivity index (χ1n) is 6.31. The molecule has 116 valence electrons. The summed E-state index contributed by atoms with van der Waals surface area (Å²) in [6.07, 6.45) is -4.69. The summed E-state index contributed by atoms with van der Waals surface area (Å²) in [7, 11) is 0. The molecule has 0 atom stereocenters. The first kappa shape index (κ1) is 17.5. The van der Waals surface area contributed by atoms with Crippen LogP contribution in [-0.2, 0) is 15.7 Å². The molecule has 0 aromatic heterocycles. The molecule has 0 spiro atoms. The van der Waals surface area contributed by atoms with E-state index in [0.29, 0.717) is 0 Å². The minimum atomic E-state index is -4.66. The maximum atomic E-state index is 12.9. The van der Waals surface area contributed by atoms with Crippen LogP contribution < -0.4 is 0 Å². The van der Waals surface area contributed by atoms with Gasteiger partial charge in [-0.2, -0.15) is 13.2 Å². The molecule has 0 saturated carbocycles. The van der Waals surface area contributed by atoms with Crippen LogP contribution >= 0.6 is 11.6 Å². The molecule has 0 amide bonds. The maximum Gasteiger partial charge on any atom is 0.417 e. The second-order valence-electron chi connectivity index (χ2n) is 4.27. The quantitative estimate of drug-likeness (QED) is 0.580. The summed E-state index contributed by atoms with van der Waals surface area (Å²) in [5, 5.41) is -0.0922. The number of carbonyl (C=O) groups excluding carboxylic acids is 2. The molecule has 3 nitrogen and oxygen atoms in total. The van der Waals surface area contributed by atoms with Crippen LogP contribution in [0.25, 0.3) is 0 Å². The van der Waals surface area contributed by atoms with E-state index in [-0.39, 0.29) is 30.9 Å². The molecule has 7 heteroatoms. The van der Waals surface area contributed by atoms with Gasteiger partial charge in [0, 0.05) is 23.4 Å². The molecule has 0 aliphatic rings. The summed E-state index contributed by atoms with van der Waals surface area (Å²) in [6.45, 7) is 1.87. The molecule has 0 saturated heterocycles. The van der Waals surface area contributed by atoms with Crippen molar-refractivity contribution in [1.29, 1.82) is 0 Å². The van der Waals surface area contributed by atoms with Crippen LogP contribution in [0.2, 0.25) is 5.02 Å². The number of alkyl halides is 3. The van der Waals surface area contributed by atoms with Gasteiger partial charge in [0.2, 0.25) is 0 Å². The SMILES string of the molecule is CCOC(=O)CCCC(=O)c1ccc(Cl)cc1C(F)(F)F. The Morgan fingerprint density at radius 2 is 1.90 bits per heavy atom. The van der Waals surface area contributed by atoms with Gasteiger partial charge in [-0.05, 0) is 31.5 Å². The summed E-state index contributed by atoms with van der Waals surface area (Å²) < 4.78 is 43.2. The Labute approximate surface area is 125 Å². The van der Waals surface area contributed by atoms with Crippen molar-refractivity contribution >= 4 is 23.4 Å². The van der Waals surface area contributed by atoms with E-state index < -0.39 is 29.1 Å². The van der Waals surface area contributed by atoms with E-state index >= 15 is 0 Å². The molecule has 0 N–H and O–H groups in total. The fourth-order valence-corrected chi connectivity index (χ4v) is 1.93. The third-order valence-corrected chi connectivity index (χ3v) is 2.91. The van der Waals surface area contributed by atoms with Gasteiger partial charge >= 0.3 is 12.1 Å². The van der Waals surface area contributed by atoms with Crippen LogP contribution in [0.1, 0.15) is 42.1 Å². The predicted molar refractivity (Wildman–Crippen MR) is 71.3 cm³/mol. The first-order chi connectivity index (χ1) is 9.75. The molecule has 1 aromatic carbocycles. The van der Waals surface area contributed by atoms with Gasteiger partial charge in [-0.3, -0.25) is 9.59 Å². The Bertz CT molecular complexity index is 527. The first-order valence-corrected chi connectivity index (χ1v) is 6.69. The molecule has 0 heterocycles. The highest BCUT2D eigenvalue weighted by Crippen LogP contribution is 2.34. The van der Waals surface area contributed by atoms with Gasteiger partial charge in [-0.25, -0.2) is 0 Å². The van der Waals surface area contributed by atoms with Crippen molar-refractivity contribution in [2.75, 3.05) is 6.61 Å². The zero-order valence-electron chi connectivity index (χ0n) is 11.3. The largest absolute Gasteiger partial charge is 0.466 e. The minimum absolute atomic E-state index is 0.00544. The number of halogens is 4. The van der Waals surface area contributed by atoms with Gasteiger partial charge in [0.1, 0.15) is 0 Å². The number of ketones is 1. The zero-order valence-corrected chi connectivity index (χ0v) is 12.1. The third kappa shape index (κ3) is 5.38. The lowest BCUT2D eigenvalue weighted by Gasteiger charge is -2.12. The number of hydrogen-bond donors (Lipinski definition) is 0. The summed E-state index contributed by atoms with van der Waals surface area (Å²) in [6, 6.07) is 3.01. The lowest BCUT2D eigenvalue weighted by molar-refractivity contribution is -0.143. The topological polar surface area (TPSA) is 43.4 Å². The number of esters is 1. The number of hydrogen-bond acceptors (Lipinski definition) is 3. The van der Waals surface area contributed by atoms with E-state index in [2.05, 4.69) is 4.74 Å². The molecule has 0 aliphatic heterocycles. The Kier molecular flexibility index (Phi) is 6.20. The maximum absolute atomic E-state index is 12.9. The minimum Gasteiger partial charge on any atom is -0.466 e. The van der Waals surface area contributed by atoms with Crippen LogP contribution in [0.5, 0.6) is 0 Å². The van der Waals surface area contributed by atoms with E-state index in [9.17, 15) is 22.8 Å². The number of benzene rings is 1. The lowest BCUT2D eigenvalue weighted by atomic mass is 9.99. The van der Waals surface area contributed by atoms with Gasteiger partial charge in [-0.15, -0.1) is 0 Å². The molecule has 0 aliphatic carbocycles. The Balaban J connectivity index is 2.77. The van der Waals surface area contributed by atoms with Crippen molar-refractivity contribution in [1.82, 2.24) is 0 Å². The average molecular weight is 323 g/mol. The van der Waals surface area contributed by atoms with Gasteiger partial charge in [0.25, 0.3) is 0 Å². The van der Waals surface area contributed by atoms with Crippen LogP contribution in [0.15, 0.2) is 18.2 Å². The Hall–Kier alpha value is -1.56. The lowest BCUT2D eigenvalue weighted by Crippen LogP contribution is -2.13. The van der Waals surface area contributed by atoms with Crippen LogP contribution in [-0.4, -0.2) is 18.4 Å². The molecule has 0 radical (unpaired) electrons. The number of Topliss-reactive ketones (excluding diaryl/α,β-unsaturated/α-hetero) is 1. The molecular formula is C14H14ClF3O3. The van der Waals surface area contributed by atoms with Gasteiger partial charge in [0.15, 0.2) is 5.78 Å². The fraction of sp³-hybridized carbons (Fsp3) is 0.429. The summed E-state index contributed by atoms with van der Waals surface area (Å²) >= 11 is 5.54. The van der Waals surface area contributed by atoms with Crippen molar-refractivity contribution in [3.05, 3.63) is 34.3 Å². The molecular weight excluding hydrogens is 309 g/mol. The molecule has 0 fully saturated rings. The second-order valence-corrected chi connectivity index (χ2v) is 4.71. The molecule has 21 heavy (non-hydrogen) atoms. The zero-order chi connectivity index (χ0) is 16.0. The van der Waals surface area contributed by atoms with Crippen LogP contribution in [0.4, 0.5) is 13.2 Å². The van der Waals surface area contributed by atoms with Gasteiger partial charge in [0.05, 0.1) is 12.2 Å². The van der Waals surface area contributed by atoms with E-state index in [0.717, 1.165) is 12.1 Å². The van der Waals surface area contributed by atoms with Crippen LogP contribution in [0.3, 0.4) is 0 Å². The van der Waals surface area contributed by atoms with E-state index in [1.807, 2.05) is 0 Å². The van der Waals surface area contributed by atoms with E-state index in [4.69, 9.17) is 11.6 Å². The predicted octanol–water partition coefficient (Wildman–Crippen LogP) is 4.27. The number of rotatable bonds is 6. The Morgan fingerprint density at radius 3 is 2.48 bits per heavy atom. The highest BCUT2D eigenvalue weighted by Gasteiger charge is 2.35. The summed E-state index contributed by atoms with van der Waals surface area (Å²) in [5.41, 5.74) is -1.49. The monoisotopic (exact) mass is 322 g/mol. The average Bonchev–Trinajstić information content (AvgIpc) is 2.37. The molecule has 1 aromatic rings. The summed E-state index contributed by atoms with van der Waals surface area (Å²) in [4.78, 5) is 23.0. The molecule has 0 unspecified atom stereocenters. The Morgan fingerprint density at radius 1 is 1.24 bits per heavy atom. The van der Waals surface area contributed by atoms with Crippen molar-refractivity contribution in [2.45, 2.75) is 32.4 Å². The standard InChI is InChI=1S/C14H14ClF3O3/c1-2-21-13(20)5-3-4-12(19)10-7-6-9(15)8-11(10)14(16,17)18/h6-8H,2-5H2,1H3. The number of carbonyl (C=O) groups is 2. The van der Waals surface area contributed by atoms with Gasteiger partial charge in [-0.1, -0.05) is 11.6 Å². The molecule has 1 rings (SSSR count). The fourth-order valence-electron chi connectivity index (χ4n) is 1.76. The van der Waals surface area contributed by atoms with Crippen molar-refractivity contribution in [3.8, 4) is 0 Å². The second kappa shape index (κ2) is 7.45. The normalized spacial score (nSPS) is 11.3. The molecule has 0 bridgehead atoms. The van der Waals surface area contributed by atoms with Crippen LogP contribution in [0, 0.1) is 0 Å². The smallest absolute Gasteiger partial charge is 0.417 e. The van der Waals surface area contributed by atoms with E-state index in [1.54, 1.807) is 6.92 Å². The highest BCUT2D eigenvalue weighted by molar-refractivity contribution is 6.30. The summed E-state index contributed by atoms with van der Waals surface area (Å²) in [5.74, 6) is -1.15. The van der Waals surface area contributed by atoms with Gasteiger partial charge < -0.3 is 4.74 Å². The number of ether oxygens (including phenoxy) is 1. The van der Waals surface area contributed by atoms with Crippen molar-refractivity contribution in [2.24, 2.45) is 0 Å².